The predicted octanol–water partition coefficient (Wildman–Crippen LogP) is 4.82. The average molecular weight is 394 g/mol. The Balaban J connectivity index is 1.47. The summed E-state index contributed by atoms with van der Waals surface area (Å²) in [6.07, 6.45) is 0. The first-order valence-corrected chi connectivity index (χ1v) is 9.90. The Bertz CT molecular complexity index is 952. The molecule has 0 unspecified atom stereocenters. The summed E-state index contributed by atoms with van der Waals surface area (Å²) in [4.78, 5) is 14.1. The molecule has 1 aliphatic rings. The molecule has 1 saturated heterocycles. The fourth-order valence-corrected chi connectivity index (χ4v) is 3.56. The summed E-state index contributed by atoms with van der Waals surface area (Å²) in [5.74, 6) is 1.56. The van der Waals surface area contributed by atoms with Gasteiger partial charge in [-0.25, -0.2) is 4.98 Å². The van der Waals surface area contributed by atoms with Gasteiger partial charge in [-0.2, -0.15) is 4.98 Å². The van der Waals surface area contributed by atoms with Crippen molar-refractivity contribution < 1.29 is 0 Å². The van der Waals surface area contributed by atoms with Gasteiger partial charge in [-0.05, 0) is 43.7 Å². The molecular formula is C22H24ClN5. The predicted molar refractivity (Wildman–Crippen MR) is 117 cm³/mol. The summed E-state index contributed by atoms with van der Waals surface area (Å²) in [5, 5.41) is 4.10. The molecule has 0 amide bonds. The van der Waals surface area contributed by atoms with Crippen molar-refractivity contribution in [2.75, 3.05) is 41.3 Å². The van der Waals surface area contributed by atoms with Gasteiger partial charge in [0, 0.05) is 54.3 Å². The van der Waals surface area contributed by atoms with Gasteiger partial charge < -0.3 is 15.1 Å². The Hall–Kier alpha value is -2.79. The van der Waals surface area contributed by atoms with E-state index in [1.165, 1.54) is 5.69 Å². The van der Waals surface area contributed by atoms with Crippen LogP contribution in [0.2, 0.25) is 5.02 Å². The van der Waals surface area contributed by atoms with E-state index >= 15 is 0 Å². The lowest BCUT2D eigenvalue weighted by Crippen LogP contribution is -2.47. The molecule has 1 fully saturated rings. The zero-order chi connectivity index (χ0) is 19.5. The van der Waals surface area contributed by atoms with Gasteiger partial charge in [-0.3, -0.25) is 0 Å². The third kappa shape index (κ3) is 4.20. The lowest BCUT2D eigenvalue weighted by Gasteiger charge is -2.36. The molecule has 1 aliphatic heterocycles. The molecule has 0 bridgehead atoms. The first-order valence-electron chi connectivity index (χ1n) is 9.52. The van der Waals surface area contributed by atoms with Gasteiger partial charge in [-0.1, -0.05) is 35.9 Å². The van der Waals surface area contributed by atoms with Gasteiger partial charge in [0.05, 0.1) is 0 Å². The zero-order valence-electron chi connectivity index (χ0n) is 16.2. The van der Waals surface area contributed by atoms with Crippen LogP contribution in [0.25, 0.3) is 0 Å². The van der Waals surface area contributed by atoms with Crippen molar-refractivity contribution in [3.63, 3.8) is 0 Å². The zero-order valence-corrected chi connectivity index (χ0v) is 16.9. The number of rotatable bonds is 4. The fourth-order valence-electron chi connectivity index (χ4n) is 3.38. The van der Waals surface area contributed by atoms with Crippen molar-refractivity contribution in [2.24, 2.45) is 0 Å². The van der Waals surface area contributed by atoms with Crippen LogP contribution in [0, 0.1) is 13.8 Å². The van der Waals surface area contributed by atoms with E-state index < -0.39 is 0 Å². The molecule has 1 N–H and O–H groups in total. The molecule has 0 atom stereocenters. The van der Waals surface area contributed by atoms with E-state index in [9.17, 15) is 0 Å². The molecule has 28 heavy (non-hydrogen) atoms. The quantitative estimate of drug-likeness (QED) is 0.688. The summed E-state index contributed by atoms with van der Waals surface area (Å²) in [5.41, 5.74) is 4.19. The molecule has 3 aromatic rings. The second-order valence-electron chi connectivity index (χ2n) is 7.09. The highest BCUT2D eigenvalue weighted by Gasteiger charge is 2.20. The molecule has 0 aliphatic carbocycles. The maximum Gasteiger partial charge on any atom is 0.227 e. The molecule has 144 valence electrons. The normalized spacial score (nSPS) is 14.2. The lowest BCUT2D eigenvalue weighted by atomic mass is 10.2. The van der Waals surface area contributed by atoms with Gasteiger partial charge in [0.1, 0.15) is 5.82 Å². The van der Waals surface area contributed by atoms with E-state index in [-0.39, 0.29) is 0 Å². The van der Waals surface area contributed by atoms with Crippen molar-refractivity contribution in [3.8, 4) is 0 Å². The van der Waals surface area contributed by atoms with Gasteiger partial charge >= 0.3 is 0 Å². The van der Waals surface area contributed by atoms with Crippen LogP contribution in [-0.4, -0.2) is 36.1 Å². The van der Waals surface area contributed by atoms with E-state index in [2.05, 4.69) is 50.4 Å². The monoisotopic (exact) mass is 393 g/mol. The highest BCUT2D eigenvalue weighted by atomic mass is 35.5. The largest absolute Gasteiger partial charge is 0.368 e. The number of para-hydroxylation sites is 1. The minimum Gasteiger partial charge on any atom is -0.368 e. The Labute approximate surface area is 171 Å². The molecule has 2 aromatic carbocycles. The maximum absolute atomic E-state index is 6.24. The topological polar surface area (TPSA) is 44.3 Å². The Morgan fingerprint density at radius 2 is 1.57 bits per heavy atom. The van der Waals surface area contributed by atoms with Gasteiger partial charge in [0.2, 0.25) is 5.95 Å². The third-order valence-corrected chi connectivity index (χ3v) is 5.38. The third-order valence-electron chi connectivity index (χ3n) is 4.97. The van der Waals surface area contributed by atoms with Crippen LogP contribution in [0.15, 0.2) is 54.6 Å². The Kier molecular flexibility index (Phi) is 5.35. The van der Waals surface area contributed by atoms with E-state index in [0.29, 0.717) is 0 Å². The van der Waals surface area contributed by atoms with Crippen molar-refractivity contribution in [3.05, 3.63) is 70.9 Å². The summed E-state index contributed by atoms with van der Waals surface area (Å²) in [7, 11) is 0. The molecule has 5 nitrogen and oxygen atoms in total. The van der Waals surface area contributed by atoms with Crippen LogP contribution >= 0.6 is 11.6 Å². The van der Waals surface area contributed by atoms with Gasteiger partial charge in [0.15, 0.2) is 0 Å². The minimum atomic E-state index is 0.744. The Morgan fingerprint density at radius 3 is 2.29 bits per heavy atom. The number of aromatic nitrogens is 2. The maximum atomic E-state index is 6.24. The number of hydrogen-bond acceptors (Lipinski definition) is 5. The van der Waals surface area contributed by atoms with E-state index in [1.54, 1.807) is 0 Å². The number of nitrogens with zero attached hydrogens (tertiary/aromatic N) is 4. The molecular weight excluding hydrogens is 370 g/mol. The van der Waals surface area contributed by atoms with Crippen LogP contribution in [-0.2, 0) is 0 Å². The number of benzene rings is 2. The molecule has 0 radical (unpaired) electrons. The van der Waals surface area contributed by atoms with E-state index in [0.717, 1.165) is 59.9 Å². The minimum absolute atomic E-state index is 0.744. The van der Waals surface area contributed by atoms with E-state index in [1.807, 2.05) is 38.1 Å². The van der Waals surface area contributed by atoms with Crippen LogP contribution in [0.4, 0.5) is 23.1 Å². The molecule has 0 spiro atoms. The standard InChI is InChI=1S/C22H24ClN5/c1-16-8-9-18(15-20(16)23)25-21-14-17(2)24-22(26-21)28-12-10-27(11-13-28)19-6-4-3-5-7-19/h3-9,14-15H,10-13H2,1-2H3,(H,24,25,26). The number of aryl methyl sites for hydroxylation is 2. The molecule has 6 heteroatoms. The summed E-state index contributed by atoms with van der Waals surface area (Å²) in [6, 6.07) is 18.4. The first-order chi connectivity index (χ1) is 13.6. The summed E-state index contributed by atoms with van der Waals surface area (Å²) < 4.78 is 0. The molecule has 4 rings (SSSR count). The summed E-state index contributed by atoms with van der Waals surface area (Å²) >= 11 is 6.24. The van der Waals surface area contributed by atoms with Crippen LogP contribution in [0.3, 0.4) is 0 Å². The second-order valence-corrected chi connectivity index (χ2v) is 7.50. The van der Waals surface area contributed by atoms with Crippen LogP contribution in [0.1, 0.15) is 11.3 Å². The lowest BCUT2D eigenvalue weighted by molar-refractivity contribution is 0.639. The highest BCUT2D eigenvalue weighted by Crippen LogP contribution is 2.24. The number of piperazine rings is 1. The number of halogens is 1. The van der Waals surface area contributed by atoms with E-state index in [4.69, 9.17) is 16.6 Å². The number of hydrogen-bond donors (Lipinski definition) is 1. The van der Waals surface area contributed by atoms with Gasteiger partial charge in [-0.15, -0.1) is 0 Å². The Morgan fingerprint density at radius 1 is 0.857 bits per heavy atom. The number of nitrogens with one attached hydrogen (secondary N) is 1. The smallest absolute Gasteiger partial charge is 0.227 e. The van der Waals surface area contributed by atoms with Crippen molar-refractivity contribution >= 4 is 34.7 Å². The van der Waals surface area contributed by atoms with Crippen molar-refractivity contribution in [1.29, 1.82) is 0 Å². The fraction of sp³-hybridized carbons (Fsp3) is 0.273. The first kappa shape index (κ1) is 18.6. The van der Waals surface area contributed by atoms with Crippen molar-refractivity contribution in [2.45, 2.75) is 13.8 Å². The summed E-state index contributed by atoms with van der Waals surface area (Å²) in [6.45, 7) is 7.70. The average Bonchev–Trinajstić information content (AvgIpc) is 2.71. The van der Waals surface area contributed by atoms with Crippen molar-refractivity contribution in [1.82, 2.24) is 9.97 Å². The highest BCUT2D eigenvalue weighted by molar-refractivity contribution is 6.31. The SMILES string of the molecule is Cc1cc(Nc2ccc(C)c(Cl)c2)nc(N2CCN(c3ccccc3)CC2)n1. The van der Waals surface area contributed by atoms with Crippen LogP contribution < -0.4 is 15.1 Å². The van der Waals surface area contributed by atoms with Crippen LogP contribution in [0.5, 0.6) is 0 Å². The molecule has 2 heterocycles. The van der Waals surface area contributed by atoms with Gasteiger partial charge in [0.25, 0.3) is 0 Å². The number of anilines is 4. The second kappa shape index (κ2) is 8.07. The molecule has 0 saturated carbocycles. The molecule has 1 aromatic heterocycles.